The van der Waals surface area contributed by atoms with E-state index in [1.807, 2.05) is 13.8 Å². The molecule has 11 bridgehead atoms. The summed E-state index contributed by atoms with van der Waals surface area (Å²) in [6.07, 6.45) is -20.2. The van der Waals surface area contributed by atoms with Gasteiger partial charge in [0.2, 0.25) is 53.4 Å². The molecular formula is C72H87Cl2N9O27. The molecule has 6 heterocycles. The first-order valence-electron chi connectivity index (χ1n) is 34.4. The number of aliphatic hydroxyl groups is 6. The van der Waals surface area contributed by atoms with E-state index < -0.39 is 249 Å². The van der Waals surface area contributed by atoms with Gasteiger partial charge >= 0.3 is 11.9 Å². The molecule has 0 aliphatic carbocycles. The number of aliphatic carboxylic acids is 1. The molecule has 38 heteroatoms. The third-order valence-corrected chi connectivity index (χ3v) is 19.4. The number of hydrogen-bond acceptors (Lipinski definition) is 28. The number of carboxylic acid groups (broad SMARTS) is 1. The van der Waals surface area contributed by atoms with Crippen LogP contribution in [-0.4, -0.2) is 224 Å². The number of rotatable bonds is 22. The second kappa shape index (κ2) is 35.5. The van der Waals surface area contributed by atoms with Crippen molar-refractivity contribution in [3.63, 3.8) is 0 Å². The summed E-state index contributed by atoms with van der Waals surface area (Å²) in [5.74, 6) is -17.0. The van der Waals surface area contributed by atoms with Gasteiger partial charge in [-0.25, -0.2) is 9.59 Å². The molecule has 5 aromatic carbocycles. The van der Waals surface area contributed by atoms with Crippen LogP contribution in [0.4, 0.5) is 0 Å². The molecule has 18 atom stereocenters. The minimum Gasteiger partial charge on any atom is -0.508 e. The summed E-state index contributed by atoms with van der Waals surface area (Å²) in [6, 6.07) is -0.971. The van der Waals surface area contributed by atoms with Crippen LogP contribution in [0.2, 0.25) is 10.0 Å². The number of amides is 7. The van der Waals surface area contributed by atoms with Crippen LogP contribution in [0.3, 0.4) is 0 Å². The topological polar surface area (TPSA) is 552 Å². The smallest absolute Gasteiger partial charge is 0.336 e. The number of nitrogens with two attached hydrogens (primary N) is 1. The fourth-order valence-corrected chi connectivity index (χ4v) is 13.4. The van der Waals surface area contributed by atoms with Crippen molar-refractivity contribution in [2.75, 3.05) is 34.4 Å². The molecular weight excluding hydrogens is 1490 g/mol. The molecule has 1 fully saturated rings. The van der Waals surface area contributed by atoms with E-state index in [-0.39, 0.29) is 46.3 Å². The number of nitrogens with one attached hydrogen (secondary N) is 8. The Bertz CT molecular complexity index is 4310. The first kappa shape index (κ1) is 84.3. The Hall–Kier alpha value is -9.77. The van der Waals surface area contributed by atoms with E-state index in [4.69, 9.17) is 66.8 Å². The lowest BCUT2D eigenvalue weighted by Crippen LogP contribution is -2.62. The van der Waals surface area contributed by atoms with E-state index in [0.29, 0.717) is 0 Å². The van der Waals surface area contributed by atoms with Crippen LogP contribution in [0.25, 0.3) is 11.1 Å². The van der Waals surface area contributed by atoms with Crippen molar-refractivity contribution in [1.82, 2.24) is 42.5 Å². The lowest BCUT2D eigenvalue weighted by atomic mass is 9.89. The predicted octanol–water partition coefficient (Wildman–Crippen LogP) is 0.561. The summed E-state index contributed by atoms with van der Waals surface area (Å²) < 4.78 is 48.6. The summed E-state index contributed by atoms with van der Waals surface area (Å²) in [7, 11) is 3.92. The number of carbonyl (C=O) groups is 9. The van der Waals surface area contributed by atoms with E-state index in [2.05, 4.69) is 42.5 Å². The number of aliphatic hydroxyl groups excluding tert-OH is 6. The minimum atomic E-state index is -2.37. The van der Waals surface area contributed by atoms with Crippen molar-refractivity contribution in [3.8, 4) is 57.1 Å². The van der Waals surface area contributed by atoms with Gasteiger partial charge in [0, 0.05) is 42.0 Å². The van der Waals surface area contributed by atoms with Crippen LogP contribution in [0.15, 0.2) is 78.9 Å². The highest BCUT2D eigenvalue weighted by atomic mass is 35.5. The van der Waals surface area contributed by atoms with Crippen molar-refractivity contribution in [1.29, 1.82) is 0 Å². The quantitative estimate of drug-likeness (QED) is 0.0332. The molecule has 6 aliphatic heterocycles. The molecule has 110 heavy (non-hydrogen) atoms. The summed E-state index contributed by atoms with van der Waals surface area (Å²) in [5.41, 5.74) is 1.56. The summed E-state index contributed by atoms with van der Waals surface area (Å²) in [6.45, 7) is 8.46. The van der Waals surface area contributed by atoms with Crippen molar-refractivity contribution in [3.05, 3.63) is 117 Å². The number of halogens is 2. The van der Waals surface area contributed by atoms with Crippen LogP contribution in [0.1, 0.15) is 113 Å². The van der Waals surface area contributed by atoms with Crippen molar-refractivity contribution in [2.45, 2.75) is 170 Å². The second-order valence-corrected chi connectivity index (χ2v) is 28.3. The molecule has 7 amide bonds. The van der Waals surface area contributed by atoms with E-state index in [0.717, 1.165) is 66.7 Å². The molecule has 5 aromatic rings. The number of fused-ring (bicyclic) bond motifs is 15. The van der Waals surface area contributed by atoms with E-state index in [9.17, 15) is 79.8 Å². The van der Waals surface area contributed by atoms with Gasteiger partial charge in [0.25, 0.3) is 0 Å². The number of benzene rings is 5. The number of carbonyl (C=O) groups excluding carboxylic acids is 8. The van der Waals surface area contributed by atoms with Crippen molar-refractivity contribution >= 4 is 76.5 Å². The Morgan fingerprint density at radius 3 is 1.87 bits per heavy atom. The molecule has 11 rings (SSSR count). The number of hydrogen-bond donors (Lipinski definition) is 19. The van der Waals surface area contributed by atoms with Crippen molar-refractivity contribution < 1.29 is 132 Å². The van der Waals surface area contributed by atoms with E-state index in [1.165, 1.54) is 47.2 Å². The van der Waals surface area contributed by atoms with Crippen molar-refractivity contribution in [2.24, 2.45) is 11.7 Å². The van der Waals surface area contributed by atoms with Crippen LogP contribution in [-0.2, 0) is 66.8 Å². The zero-order chi connectivity index (χ0) is 80.8. The Morgan fingerprint density at radius 1 is 0.700 bits per heavy atom. The van der Waals surface area contributed by atoms with Gasteiger partial charge in [0.15, 0.2) is 36.0 Å². The monoisotopic (exact) mass is 1580 g/mol. The maximum Gasteiger partial charge on any atom is 0.336 e. The van der Waals surface area contributed by atoms with Crippen LogP contribution >= 0.6 is 23.2 Å². The van der Waals surface area contributed by atoms with Gasteiger partial charge in [-0.1, -0.05) is 55.2 Å². The number of carboxylic acids is 1. The normalized spacial score (nSPS) is 25.1. The van der Waals surface area contributed by atoms with Gasteiger partial charge in [-0.15, -0.1) is 0 Å². The zero-order valence-corrected chi connectivity index (χ0v) is 62.1. The van der Waals surface area contributed by atoms with E-state index >= 15 is 14.4 Å². The minimum absolute atomic E-state index is 0.112. The molecule has 0 aromatic heterocycles. The highest BCUT2D eigenvalue weighted by Gasteiger charge is 2.50. The number of likely N-dealkylation sites (N-methyl/N-ethyl adjacent to an activating group) is 1. The third kappa shape index (κ3) is 19.0. The van der Waals surface area contributed by atoms with Crippen LogP contribution in [0, 0.1) is 5.92 Å². The number of phenols is 3. The fraction of sp³-hybridized carbons (Fsp3) is 0.458. The molecule has 0 radical (unpaired) electrons. The molecule has 6 aliphatic rings. The highest BCUT2D eigenvalue weighted by molar-refractivity contribution is 6.32. The number of phenolic OH excluding ortho intramolecular Hbond substituents is 3. The summed E-state index contributed by atoms with van der Waals surface area (Å²) in [4.78, 5) is 130. The Morgan fingerprint density at radius 2 is 1.30 bits per heavy atom. The molecule has 14 unspecified atom stereocenters. The number of ether oxygens (including phenoxy) is 8. The average Bonchev–Trinajstić information content (AvgIpc) is 0.765. The fourth-order valence-electron chi connectivity index (χ4n) is 12.9. The predicted molar refractivity (Wildman–Crippen MR) is 383 cm³/mol. The van der Waals surface area contributed by atoms with Gasteiger partial charge < -0.3 is 137 Å². The van der Waals surface area contributed by atoms with Gasteiger partial charge in [-0.2, -0.15) is 0 Å². The van der Waals surface area contributed by atoms with Crippen LogP contribution in [0.5, 0.6) is 46.0 Å². The second-order valence-electron chi connectivity index (χ2n) is 27.5. The van der Waals surface area contributed by atoms with Gasteiger partial charge in [-0.05, 0) is 124 Å². The maximum absolute atomic E-state index is 16.1. The van der Waals surface area contributed by atoms with E-state index in [1.54, 1.807) is 13.8 Å². The number of methoxy groups -OCH3 is 2. The molecule has 596 valence electrons. The lowest BCUT2D eigenvalue weighted by molar-refractivity contribution is -0.320. The zero-order valence-electron chi connectivity index (χ0n) is 60.5. The third-order valence-electron chi connectivity index (χ3n) is 18.8. The maximum atomic E-state index is 16.1. The number of primary amides is 1. The number of aromatic hydroxyl groups is 3. The molecule has 20 N–H and O–H groups in total. The molecule has 0 spiro atoms. The van der Waals surface area contributed by atoms with Gasteiger partial charge in [0.1, 0.15) is 89.5 Å². The molecule has 0 saturated carbocycles. The largest absolute Gasteiger partial charge is 0.508 e. The molecule has 1 saturated heterocycles. The van der Waals surface area contributed by atoms with Gasteiger partial charge in [-0.3, -0.25) is 33.6 Å². The Labute approximate surface area is 638 Å². The standard InChI is InChI=1S/C72H87Cl2N9O27/c1-27(2)16-39(76-7)63(94)82-54-56(89)31-11-14-43(37(73)18-31)107-45-20-33-21-46(60(45)110-71-61(59(92)58(91)48(26-84)109-71)106-29(4)105-28(3)62(93)72(5,6)77-25-47(103-8)70(102)104-9)108-44-15-12-32(19-38(44)74)57(90)55-68(99)81-53(69(100)101)36-22-34(85)23-42(87)50(36)35-17-30(10-13-41(35)86)51(65(96)83-55)80-66(97)52(33)79-64(95)40(24-49(75)88)78-67(54)98/h10-15,17-23,27-29,39-40,47-48,51-59,61-62,71,76-77,84-87,89-93H,16,24-26H2,1-9H3,(H2,75,88)(H,78,98)(H,79,95)(H,80,97)(H,81,99)(H,82,94)(H,83,96)(H,100,101)/t28?,29?,39-,40?,47?,48?,51?,52?,53?,54+,55+,56?,57-,58?,59?,61?,62?,71?/m1/s1. The van der Waals surface area contributed by atoms with Crippen LogP contribution < -0.4 is 62.5 Å². The first-order valence-corrected chi connectivity index (χ1v) is 35.2. The summed E-state index contributed by atoms with van der Waals surface area (Å²) >= 11 is 14.2. The first-order chi connectivity index (χ1) is 51.9. The lowest BCUT2D eigenvalue weighted by Gasteiger charge is -2.43. The molecule has 36 nitrogen and oxygen atoms in total. The number of esters is 1. The highest BCUT2D eigenvalue weighted by Crippen LogP contribution is 2.50. The Kier molecular flexibility index (Phi) is 27.2. The SMILES string of the molecule is CN[C@H](CC(C)C)C(=O)N[C@@H]1C(=O)NC(CC(N)=O)C(=O)NC2C(=O)NC3C(=O)N[C@H](C(=O)NC(C(=O)O)c4cc(O)cc(O)c4-c4cc3ccc4O)[C@H](O)c3ccc(c(Cl)c3)Oc3cc2cc(c3OC2OC(CO)C(O)C(O)C2OC(C)OC(C)C(O)C(C)(C)NCC(OC)C(=O)OC)Oc2ccc(cc2Cl)C1O. The summed E-state index contributed by atoms with van der Waals surface area (Å²) in [5, 5.41) is 135. The van der Waals surface area contributed by atoms with Gasteiger partial charge in [0.05, 0.1) is 48.4 Å². The average molecular weight is 1580 g/mol. The Balaban J connectivity index is 1.29.